The molecule has 4 aromatic rings. The Labute approximate surface area is 215 Å². The van der Waals surface area contributed by atoms with E-state index in [0.29, 0.717) is 12.3 Å². The maximum atomic E-state index is 11.6. The van der Waals surface area contributed by atoms with Crippen molar-refractivity contribution in [1.29, 1.82) is 0 Å². The molecule has 3 nitrogen and oxygen atoms in total. The van der Waals surface area contributed by atoms with E-state index in [1.807, 2.05) is 38.4 Å². The molecule has 0 saturated carbocycles. The van der Waals surface area contributed by atoms with Crippen LogP contribution in [0.25, 0.3) is 10.8 Å². The lowest BCUT2D eigenvalue weighted by molar-refractivity contribution is 0.112. The van der Waals surface area contributed by atoms with Crippen LogP contribution in [0.3, 0.4) is 0 Å². The lowest BCUT2D eigenvalue weighted by atomic mass is 9.85. The molecule has 0 radical (unpaired) electrons. The van der Waals surface area contributed by atoms with Crippen molar-refractivity contribution < 1.29 is 4.79 Å². The molecule has 0 bridgehead atoms. The van der Waals surface area contributed by atoms with Crippen molar-refractivity contribution in [2.24, 2.45) is 5.92 Å². The number of rotatable bonds is 10. The predicted octanol–water partition coefficient (Wildman–Crippen LogP) is 8.06. The SMILES string of the molecule is C=C(Nc1cc(N(C)C)ccc1Cc1ccccc1C=O)C(CC(C)C)c1cccc2ccccc12. The standard InChI is InChI=1S/C33H36N2O/c1-23(2)19-32(31-16-10-14-25-11-8-9-15-30(25)31)24(3)34-33-21-29(35(4)5)18-17-27(33)20-26-12-6-7-13-28(26)22-36/h6-18,21-23,32,34H,3,19-20H2,1-2,4-5H3. The summed E-state index contributed by atoms with van der Waals surface area (Å²) in [5.41, 5.74) is 7.32. The first-order chi connectivity index (χ1) is 17.4. The minimum Gasteiger partial charge on any atom is -0.378 e. The first kappa shape index (κ1) is 25.2. The third-order valence-electron chi connectivity index (χ3n) is 6.79. The zero-order valence-electron chi connectivity index (χ0n) is 21.8. The van der Waals surface area contributed by atoms with Crippen LogP contribution in [0.1, 0.15) is 53.2 Å². The maximum Gasteiger partial charge on any atom is 0.150 e. The Morgan fingerprint density at radius 2 is 1.64 bits per heavy atom. The number of aldehydes is 1. The van der Waals surface area contributed by atoms with E-state index in [-0.39, 0.29) is 5.92 Å². The van der Waals surface area contributed by atoms with Gasteiger partial charge in [0.25, 0.3) is 0 Å². The number of nitrogens with one attached hydrogen (secondary N) is 1. The maximum absolute atomic E-state index is 11.6. The second-order valence-electron chi connectivity index (χ2n) is 10.1. The fourth-order valence-electron chi connectivity index (χ4n) is 4.87. The zero-order chi connectivity index (χ0) is 25.7. The van der Waals surface area contributed by atoms with Crippen LogP contribution in [0.2, 0.25) is 0 Å². The van der Waals surface area contributed by atoms with Crippen molar-refractivity contribution in [1.82, 2.24) is 0 Å². The zero-order valence-corrected chi connectivity index (χ0v) is 21.8. The molecule has 0 aliphatic carbocycles. The van der Waals surface area contributed by atoms with Gasteiger partial charge < -0.3 is 10.2 Å². The molecule has 0 heterocycles. The van der Waals surface area contributed by atoms with Crippen LogP contribution in [-0.2, 0) is 6.42 Å². The van der Waals surface area contributed by atoms with Crippen LogP contribution < -0.4 is 10.2 Å². The van der Waals surface area contributed by atoms with Crippen LogP contribution in [0, 0.1) is 5.92 Å². The topological polar surface area (TPSA) is 32.3 Å². The van der Waals surface area contributed by atoms with Crippen LogP contribution in [0.4, 0.5) is 11.4 Å². The summed E-state index contributed by atoms with van der Waals surface area (Å²) in [4.78, 5) is 13.7. The average molecular weight is 477 g/mol. The second-order valence-corrected chi connectivity index (χ2v) is 10.1. The van der Waals surface area contributed by atoms with E-state index in [1.54, 1.807) is 0 Å². The van der Waals surface area contributed by atoms with Gasteiger partial charge in [-0.2, -0.15) is 0 Å². The molecule has 0 aliphatic rings. The van der Waals surface area contributed by atoms with Crippen molar-refractivity contribution in [3.63, 3.8) is 0 Å². The molecule has 0 saturated heterocycles. The average Bonchev–Trinajstić information content (AvgIpc) is 2.88. The quantitative estimate of drug-likeness (QED) is 0.235. The minimum atomic E-state index is 0.161. The summed E-state index contributed by atoms with van der Waals surface area (Å²) in [7, 11) is 4.10. The Morgan fingerprint density at radius 3 is 2.39 bits per heavy atom. The molecule has 0 amide bonds. The van der Waals surface area contributed by atoms with Gasteiger partial charge in [0.15, 0.2) is 0 Å². The number of allylic oxidation sites excluding steroid dienone is 1. The van der Waals surface area contributed by atoms with Crippen molar-refractivity contribution in [3.05, 3.63) is 119 Å². The summed E-state index contributed by atoms with van der Waals surface area (Å²) in [5.74, 6) is 0.675. The van der Waals surface area contributed by atoms with Gasteiger partial charge in [0.1, 0.15) is 6.29 Å². The molecular weight excluding hydrogens is 440 g/mol. The highest BCUT2D eigenvalue weighted by atomic mass is 16.1. The van der Waals surface area contributed by atoms with E-state index in [4.69, 9.17) is 0 Å². The van der Waals surface area contributed by atoms with Crippen molar-refractivity contribution >= 4 is 28.4 Å². The molecule has 3 heteroatoms. The molecule has 1 unspecified atom stereocenters. The number of benzene rings is 4. The van der Waals surface area contributed by atoms with Gasteiger partial charge in [0.2, 0.25) is 0 Å². The molecule has 184 valence electrons. The summed E-state index contributed by atoms with van der Waals surface area (Å²) in [6, 6.07) is 29.4. The molecule has 1 atom stereocenters. The lowest BCUT2D eigenvalue weighted by Gasteiger charge is -2.26. The van der Waals surface area contributed by atoms with Gasteiger partial charge in [-0.15, -0.1) is 0 Å². The van der Waals surface area contributed by atoms with Crippen LogP contribution in [0.15, 0.2) is 97.2 Å². The van der Waals surface area contributed by atoms with Gasteiger partial charge in [-0.05, 0) is 51.9 Å². The summed E-state index contributed by atoms with van der Waals surface area (Å²) in [6.45, 7) is 9.09. The Bertz CT molecular complexity index is 1360. The highest BCUT2D eigenvalue weighted by Gasteiger charge is 2.21. The van der Waals surface area contributed by atoms with Crippen LogP contribution in [-0.4, -0.2) is 20.4 Å². The van der Waals surface area contributed by atoms with Crippen LogP contribution >= 0.6 is 0 Å². The van der Waals surface area contributed by atoms with Gasteiger partial charge in [-0.3, -0.25) is 4.79 Å². The normalized spacial score (nSPS) is 11.9. The molecule has 0 aliphatic heterocycles. The number of carbonyl (C=O) groups excluding carboxylic acids is 1. The molecule has 0 fully saturated rings. The third-order valence-corrected chi connectivity index (χ3v) is 6.79. The summed E-state index contributed by atoms with van der Waals surface area (Å²) in [6.07, 6.45) is 2.60. The molecule has 36 heavy (non-hydrogen) atoms. The van der Waals surface area contributed by atoms with Gasteiger partial charge in [-0.25, -0.2) is 0 Å². The Kier molecular flexibility index (Phi) is 7.90. The largest absolute Gasteiger partial charge is 0.378 e. The Hall–Kier alpha value is -3.85. The van der Waals surface area contributed by atoms with Gasteiger partial charge in [0.05, 0.1) is 0 Å². The highest BCUT2D eigenvalue weighted by Crippen LogP contribution is 2.36. The number of nitrogens with zero attached hydrogens (tertiary/aromatic N) is 1. The minimum absolute atomic E-state index is 0.161. The van der Waals surface area contributed by atoms with Gasteiger partial charge in [-0.1, -0.05) is 93.2 Å². The third kappa shape index (κ3) is 5.68. The Balaban J connectivity index is 1.73. The number of anilines is 2. The predicted molar refractivity (Wildman–Crippen MR) is 154 cm³/mol. The molecule has 4 aromatic carbocycles. The van der Waals surface area contributed by atoms with E-state index in [1.165, 1.54) is 16.3 Å². The molecule has 4 rings (SSSR count). The van der Waals surface area contributed by atoms with Crippen LogP contribution in [0.5, 0.6) is 0 Å². The highest BCUT2D eigenvalue weighted by molar-refractivity contribution is 5.86. The monoisotopic (exact) mass is 476 g/mol. The fraction of sp³-hybridized carbons (Fsp3) is 0.242. The number of carbonyl (C=O) groups is 1. The van der Waals surface area contributed by atoms with Gasteiger partial charge >= 0.3 is 0 Å². The Morgan fingerprint density at radius 1 is 0.917 bits per heavy atom. The van der Waals surface area contributed by atoms with E-state index >= 15 is 0 Å². The molecule has 0 aromatic heterocycles. The first-order valence-corrected chi connectivity index (χ1v) is 12.6. The summed E-state index contributed by atoms with van der Waals surface area (Å²) >= 11 is 0. The molecule has 1 N–H and O–H groups in total. The summed E-state index contributed by atoms with van der Waals surface area (Å²) in [5, 5.41) is 6.24. The molecular formula is C33H36N2O. The van der Waals surface area contributed by atoms with E-state index in [2.05, 4.69) is 91.3 Å². The molecule has 0 spiro atoms. The van der Waals surface area contributed by atoms with Crippen molar-refractivity contribution in [2.75, 3.05) is 24.3 Å². The number of hydrogen-bond acceptors (Lipinski definition) is 3. The van der Waals surface area contributed by atoms with Crippen molar-refractivity contribution in [3.8, 4) is 0 Å². The smallest absolute Gasteiger partial charge is 0.150 e. The number of fused-ring (bicyclic) bond motifs is 1. The fourth-order valence-corrected chi connectivity index (χ4v) is 4.87. The van der Waals surface area contributed by atoms with E-state index in [0.717, 1.165) is 46.5 Å². The van der Waals surface area contributed by atoms with Gasteiger partial charge in [0, 0.05) is 49.1 Å². The lowest BCUT2D eigenvalue weighted by Crippen LogP contribution is -2.15. The number of hydrogen-bond donors (Lipinski definition) is 1. The van der Waals surface area contributed by atoms with E-state index < -0.39 is 0 Å². The second kappa shape index (κ2) is 11.3. The first-order valence-electron chi connectivity index (χ1n) is 12.6. The summed E-state index contributed by atoms with van der Waals surface area (Å²) < 4.78 is 0. The van der Waals surface area contributed by atoms with Crippen molar-refractivity contribution in [2.45, 2.75) is 32.6 Å². The van der Waals surface area contributed by atoms with E-state index in [9.17, 15) is 4.79 Å².